The van der Waals surface area contributed by atoms with E-state index in [0.717, 1.165) is 14.2 Å². The first kappa shape index (κ1) is 24.3. The molecule has 10 heteroatoms. The van der Waals surface area contributed by atoms with Crippen molar-refractivity contribution < 1.29 is 38.9 Å². The summed E-state index contributed by atoms with van der Waals surface area (Å²) in [4.78, 5) is 58.6. The number of methoxy groups -OCH3 is 2. The van der Waals surface area contributed by atoms with Gasteiger partial charge in [-0.3, -0.25) is 29.1 Å². The molecule has 2 N–H and O–H groups in total. The molecule has 2 heterocycles. The summed E-state index contributed by atoms with van der Waals surface area (Å²) in [6, 6.07) is 6.24. The van der Waals surface area contributed by atoms with Gasteiger partial charge in [0.25, 0.3) is 0 Å². The van der Waals surface area contributed by atoms with Crippen molar-refractivity contribution in [3.63, 3.8) is 0 Å². The van der Waals surface area contributed by atoms with Gasteiger partial charge in [-0.05, 0) is 23.3 Å². The van der Waals surface area contributed by atoms with Crippen molar-refractivity contribution in [3.8, 4) is 0 Å². The molecule has 34 heavy (non-hydrogen) atoms. The van der Waals surface area contributed by atoms with Gasteiger partial charge >= 0.3 is 11.9 Å². The van der Waals surface area contributed by atoms with E-state index in [4.69, 9.17) is 9.47 Å². The Morgan fingerprint density at radius 3 is 1.47 bits per heavy atom. The van der Waals surface area contributed by atoms with Crippen molar-refractivity contribution in [3.05, 3.63) is 82.8 Å². The maximum Gasteiger partial charge on any atom is 0.306 e. The number of aliphatic hydroxyl groups is 2. The van der Waals surface area contributed by atoms with Gasteiger partial charge in [0.05, 0.1) is 38.2 Å². The third-order valence-electron chi connectivity index (χ3n) is 5.50. The topological polar surface area (TPSA) is 153 Å². The highest BCUT2D eigenvalue weighted by Crippen LogP contribution is 2.40. The monoisotopic (exact) mass is 466 g/mol. The Bertz CT molecular complexity index is 1080. The number of ketones is 2. The summed E-state index contributed by atoms with van der Waals surface area (Å²) in [7, 11) is 2.32. The molecular weight excluding hydrogens is 444 g/mol. The number of nitrogens with zero attached hydrogens (tertiary/aromatic N) is 2. The molecule has 1 aliphatic rings. The maximum absolute atomic E-state index is 13.3. The number of allylic oxidation sites excluding steroid dienone is 2. The predicted molar refractivity (Wildman–Crippen MR) is 117 cm³/mol. The SMILES string of the molecule is COC(=O)CC(C1=C(O)C(=O)C(C(CC(=O)OC)c2cccnc2)=C(O)C1=O)c1cccnc1. The zero-order valence-corrected chi connectivity index (χ0v) is 18.4. The van der Waals surface area contributed by atoms with Crippen molar-refractivity contribution in [2.45, 2.75) is 24.7 Å². The van der Waals surface area contributed by atoms with Crippen LogP contribution in [0.5, 0.6) is 0 Å². The number of rotatable bonds is 8. The summed E-state index contributed by atoms with van der Waals surface area (Å²) >= 11 is 0. The molecule has 2 unspecified atom stereocenters. The second-order valence-corrected chi connectivity index (χ2v) is 7.42. The molecule has 0 radical (unpaired) electrons. The Hall–Kier alpha value is -4.34. The van der Waals surface area contributed by atoms with Crippen molar-refractivity contribution in [1.29, 1.82) is 0 Å². The van der Waals surface area contributed by atoms with Gasteiger partial charge in [-0.15, -0.1) is 0 Å². The maximum atomic E-state index is 13.3. The van der Waals surface area contributed by atoms with Gasteiger partial charge < -0.3 is 19.7 Å². The lowest BCUT2D eigenvalue weighted by atomic mass is 9.76. The summed E-state index contributed by atoms with van der Waals surface area (Å²) in [5.74, 6) is -7.61. The van der Waals surface area contributed by atoms with Gasteiger partial charge in [-0.2, -0.15) is 0 Å². The Kier molecular flexibility index (Phi) is 7.52. The summed E-state index contributed by atoms with van der Waals surface area (Å²) in [5, 5.41) is 21.7. The number of pyridine rings is 2. The zero-order chi connectivity index (χ0) is 24.8. The van der Waals surface area contributed by atoms with E-state index in [-0.39, 0.29) is 0 Å². The first-order chi connectivity index (χ1) is 16.3. The van der Waals surface area contributed by atoms with E-state index in [1.54, 1.807) is 24.3 Å². The molecule has 176 valence electrons. The van der Waals surface area contributed by atoms with Crippen molar-refractivity contribution in [2.24, 2.45) is 0 Å². The highest BCUT2D eigenvalue weighted by atomic mass is 16.5. The summed E-state index contributed by atoms with van der Waals surface area (Å²) in [5.41, 5.74) is -0.226. The van der Waals surface area contributed by atoms with Gasteiger partial charge in [0.15, 0.2) is 11.5 Å². The molecule has 0 aromatic carbocycles. The minimum Gasteiger partial charge on any atom is -0.504 e. The van der Waals surface area contributed by atoms with Crippen molar-refractivity contribution in [2.75, 3.05) is 14.2 Å². The molecule has 0 saturated carbocycles. The van der Waals surface area contributed by atoms with Crippen LogP contribution in [-0.4, -0.2) is 57.9 Å². The first-order valence-corrected chi connectivity index (χ1v) is 10.2. The summed E-state index contributed by atoms with van der Waals surface area (Å²) < 4.78 is 9.40. The number of ether oxygens (including phenoxy) is 2. The van der Waals surface area contributed by atoms with Crippen LogP contribution < -0.4 is 0 Å². The number of carbonyl (C=O) groups is 4. The normalized spacial score (nSPS) is 15.7. The van der Waals surface area contributed by atoms with Gasteiger partial charge in [0.1, 0.15) is 0 Å². The number of Topliss-reactive ketones (excluding diaryl/α,β-unsaturated/α-hetero) is 2. The number of hydrogen-bond donors (Lipinski definition) is 2. The molecule has 0 bridgehead atoms. The van der Waals surface area contributed by atoms with E-state index in [2.05, 4.69) is 9.97 Å². The Morgan fingerprint density at radius 2 is 1.18 bits per heavy atom. The minimum atomic E-state index is -1.11. The average Bonchev–Trinajstić information content (AvgIpc) is 2.87. The van der Waals surface area contributed by atoms with E-state index in [1.165, 1.54) is 24.8 Å². The standard InChI is InChI=1S/C24H22N2O8/c1-33-17(27)9-15(13-5-3-7-25-11-13)19-21(29)23(31)20(24(32)22(19)30)16(10-18(28)34-2)14-6-4-8-26-12-14/h3-8,11-12,15-16,29,32H,9-10H2,1-2H3. The predicted octanol–water partition coefficient (Wildman–Crippen LogP) is 2.25. The quantitative estimate of drug-likeness (QED) is 0.437. The van der Waals surface area contributed by atoms with E-state index < -0.39 is 70.8 Å². The van der Waals surface area contributed by atoms with E-state index in [0.29, 0.717) is 11.1 Å². The molecule has 2 atom stereocenters. The molecular formula is C24H22N2O8. The third kappa shape index (κ3) is 4.85. The van der Waals surface area contributed by atoms with Crippen LogP contribution in [0.15, 0.2) is 71.7 Å². The fourth-order valence-corrected chi connectivity index (χ4v) is 3.80. The molecule has 0 amide bonds. The Morgan fingerprint density at radius 1 is 0.794 bits per heavy atom. The third-order valence-corrected chi connectivity index (χ3v) is 5.50. The number of aliphatic hydroxyl groups excluding tert-OH is 2. The lowest BCUT2D eigenvalue weighted by Crippen LogP contribution is -2.31. The summed E-state index contributed by atoms with van der Waals surface area (Å²) in [6.07, 6.45) is 4.91. The van der Waals surface area contributed by atoms with Gasteiger partial charge in [-0.1, -0.05) is 12.1 Å². The fourth-order valence-electron chi connectivity index (χ4n) is 3.80. The Labute approximate surface area is 194 Å². The van der Waals surface area contributed by atoms with Crippen LogP contribution in [0.2, 0.25) is 0 Å². The number of hydrogen-bond acceptors (Lipinski definition) is 10. The van der Waals surface area contributed by atoms with Crippen LogP contribution in [0.1, 0.15) is 35.8 Å². The van der Waals surface area contributed by atoms with Crippen LogP contribution in [0.3, 0.4) is 0 Å². The first-order valence-electron chi connectivity index (χ1n) is 10.2. The van der Waals surface area contributed by atoms with Crippen LogP contribution in [0.4, 0.5) is 0 Å². The van der Waals surface area contributed by atoms with Crippen LogP contribution in [0, 0.1) is 0 Å². The van der Waals surface area contributed by atoms with Crippen LogP contribution in [0.25, 0.3) is 0 Å². The molecule has 10 nitrogen and oxygen atoms in total. The highest BCUT2D eigenvalue weighted by Gasteiger charge is 2.43. The zero-order valence-electron chi connectivity index (χ0n) is 18.4. The second kappa shape index (κ2) is 10.5. The van der Waals surface area contributed by atoms with E-state index in [9.17, 15) is 29.4 Å². The largest absolute Gasteiger partial charge is 0.504 e. The minimum absolute atomic E-state index is 0.352. The molecule has 2 aromatic rings. The molecule has 3 rings (SSSR count). The molecule has 0 aliphatic heterocycles. The second-order valence-electron chi connectivity index (χ2n) is 7.42. The lowest BCUT2D eigenvalue weighted by Gasteiger charge is -2.27. The van der Waals surface area contributed by atoms with E-state index in [1.807, 2.05) is 0 Å². The molecule has 2 aromatic heterocycles. The lowest BCUT2D eigenvalue weighted by molar-refractivity contribution is -0.142. The van der Waals surface area contributed by atoms with Crippen LogP contribution >= 0.6 is 0 Å². The van der Waals surface area contributed by atoms with Gasteiger partial charge in [-0.25, -0.2) is 0 Å². The Balaban J connectivity index is 2.13. The molecule has 0 spiro atoms. The number of carbonyl (C=O) groups excluding carboxylic acids is 4. The molecule has 0 fully saturated rings. The van der Waals surface area contributed by atoms with Crippen LogP contribution in [-0.2, 0) is 28.7 Å². The number of esters is 2. The molecule has 1 aliphatic carbocycles. The average molecular weight is 466 g/mol. The van der Waals surface area contributed by atoms with Gasteiger partial charge in [0.2, 0.25) is 11.6 Å². The fraction of sp³-hybridized carbons (Fsp3) is 0.250. The van der Waals surface area contributed by atoms with Crippen molar-refractivity contribution >= 4 is 23.5 Å². The van der Waals surface area contributed by atoms with Gasteiger partial charge in [0, 0.05) is 36.6 Å². The highest BCUT2D eigenvalue weighted by molar-refractivity contribution is 6.24. The van der Waals surface area contributed by atoms with E-state index >= 15 is 0 Å². The van der Waals surface area contributed by atoms with Crippen molar-refractivity contribution in [1.82, 2.24) is 9.97 Å². The smallest absolute Gasteiger partial charge is 0.306 e. The number of aromatic nitrogens is 2. The summed E-state index contributed by atoms with van der Waals surface area (Å²) in [6.45, 7) is 0. The molecule has 0 saturated heterocycles.